The van der Waals surface area contributed by atoms with Crippen LogP contribution in [0.1, 0.15) is 17.5 Å². The Bertz CT molecular complexity index is 590. The third kappa shape index (κ3) is 3.00. The summed E-state index contributed by atoms with van der Waals surface area (Å²) in [5.41, 5.74) is 0.424. The lowest BCUT2D eigenvalue weighted by molar-refractivity contribution is 0.0652. The van der Waals surface area contributed by atoms with Crippen LogP contribution in [0, 0.1) is 0 Å². The molecule has 0 spiro atoms. The van der Waals surface area contributed by atoms with Crippen LogP contribution in [0.15, 0.2) is 22.6 Å². The van der Waals surface area contributed by atoms with Crippen molar-refractivity contribution in [2.75, 3.05) is 19.8 Å². The molecule has 0 atom stereocenters. The van der Waals surface area contributed by atoms with Gasteiger partial charge in [-0.05, 0) is 25.1 Å². The first-order valence-electron chi connectivity index (χ1n) is 5.79. The molecule has 0 radical (unpaired) electrons. The summed E-state index contributed by atoms with van der Waals surface area (Å²) in [6, 6.07) is 4.85. The highest BCUT2D eigenvalue weighted by Gasteiger charge is 2.21. The molecule has 0 aliphatic carbocycles. The van der Waals surface area contributed by atoms with Crippen LogP contribution in [0.5, 0.6) is 5.75 Å². The molecule has 1 heterocycles. The van der Waals surface area contributed by atoms with Crippen molar-refractivity contribution in [3.05, 3.63) is 29.0 Å². The first kappa shape index (κ1) is 13.7. The number of rotatable bonds is 6. The van der Waals surface area contributed by atoms with E-state index in [0.717, 1.165) is 0 Å². The maximum Gasteiger partial charge on any atom is 0.375 e. The molecule has 0 aliphatic rings. The van der Waals surface area contributed by atoms with Crippen LogP contribution in [0.4, 0.5) is 0 Å². The van der Waals surface area contributed by atoms with E-state index in [4.69, 9.17) is 30.6 Å². The number of hydrogen-bond acceptors (Lipinski definition) is 4. The van der Waals surface area contributed by atoms with E-state index in [1.54, 1.807) is 18.2 Å². The Morgan fingerprint density at radius 3 is 2.89 bits per heavy atom. The van der Waals surface area contributed by atoms with Gasteiger partial charge in [-0.2, -0.15) is 0 Å². The minimum atomic E-state index is -1.18. The third-order valence-electron chi connectivity index (χ3n) is 2.48. The third-order valence-corrected chi connectivity index (χ3v) is 2.71. The van der Waals surface area contributed by atoms with Crippen molar-refractivity contribution in [1.29, 1.82) is 0 Å². The molecular weight excluding hydrogens is 272 g/mol. The summed E-state index contributed by atoms with van der Waals surface area (Å²) >= 11 is 5.89. The molecule has 0 bridgehead atoms. The minimum absolute atomic E-state index is 0.185. The van der Waals surface area contributed by atoms with Crippen molar-refractivity contribution in [3.8, 4) is 5.75 Å². The highest BCUT2D eigenvalue weighted by Crippen LogP contribution is 2.34. The van der Waals surface area contributed by atoms with Crippen LogP contribution < -0.4 is 4.74 Å². The molecule has 0 saturated carbocycles. The van der Waals surface area contributed by atoms with Gasteiger partial charge in [-0.25, -0.2) is 4.79 Å². The van der Waals surface area contributed by atoms with Crippen molar-refractivity contribution >= 4 is 28.5 Å². The second kappa shape index (κ2) is 5.95. The first-order valence-corrected chi connectivity index (χ1v) is 6.17. The number of ether oxygens (including phenoxy) is 2. The smallest absolute Gasteiger partial charge is 0.375 e. The molecule has 6 heteroatoms. The van der Waals surface area contributed by atoms with E-state index >= 15 is 0 Å². The number of carboxylic acid groups (broad SMARTS) is 1. The molecule has 5 nitrogen and oxygen atoms in total. The number of furan rings is 1. The van der Waals surface area contributed by atoms with E-state index in [2.05, 4.69) is 0 Å². The Balaban J connectivity index is 2.34. The number of fused-ring (bicyclic) bond motifs is 1. The van der Waals surface area contributed by atoms with Gasteiger partial charge in [0.1, 0.15) is 12.2 Å². The lowest BCUT2D eigenvalue weighted by atomic mass is 10.2. The Kier molecular flexibility index (Phi) is 4.29. The Morgan fingerprint density at radius 1 is 1.42 bits per heavy atom. The average Bonchev–Trinajstić information content (AvgIpc) is 2.73. The molecule has 1 aromatic carbocycles. The molecule has 0 amide bonds. The van der Waals surface area contributed by atoms with E-state index in [1.165, 1.54) is 0 Å². The normalized spacial score (nSPS) is 10.8. The number of benzene rings is 1. The maximum atomic E-state index is 11.1. The Labute approximate surface area is 114 Å². The highest BCUT2D eigenvalue weighted by molar-refractivity contribution is 6.31. The van der Waals surface area contributed by atoms with Crippen molar-refractivity contribution in [2.45, 2.75) is 6.92 Å². The first-order chi connectivity index (χ1) is 9.13. The quantitative estimate of drug-likeness (QED) is 0.825. The number of halogens is 1. The zero-order chi connectivity index (χ0) is 13.8. The second-order valence-corrected chi connectivity index (χ2v) is 4.19. The van der Waals surface area contributed by atoms with E-state index < -0.39 is 5.97 Å². The topological polar surface area (TPSA) is 68.9 Å². The van der Waals surface area contributed by atoms with Gasteiger partial charge < -0.3 is 19.0 Å². The largest absolute Gasteiger partial charge is 0.486 e. The molecule has 1 aromatic heterocycles. The zero-order valence-corrected chi connectivity index (χ0v) is 11.1. The fourth-order valence-electron chi connectivity index (χ4n) is 1.68. The van der Waals surface area contributed by atoms with Crippen LogP contribution in [-0.4, -0.2) is 30.9 Å². The van der Waals surface area contributed by atoms with E-state index in [9.17, 15) is 4.79 Å². The zero-order valence-electron chi connectivity index (χ0n) is 10.3. The molecule has 0 saturated heterocycles. The fraction of sp³-hybridized carbons (Fsp3) is 0.308. The van der Waals surface area contributed by atoms with E-state index in [1.807, 2.05) is 6.92 Å². The van der Waals surface area contributed by atoms with Crippen LogP contribution in [0.3, 0.4) is 0 Å². The molecule has 0 fully saturated rings. The van der Waals surface area contributed by atoms with Gasteiger partial charge in [0, 0.05) is 11.6 Å². The second-order valence-electron chi connectivity index (χ2n) is 3.75. The van der Waals surface area contributed by atoms with Gasteiger partial charge in [0.15, 0.2) is 5.75 Å². The van der Waals surface area contributed by atoms with Crippen LogP contribution in [0.2, 0.25) is 5.02 Å². The van der Waals surface area contributed by atoms with Crippen LogP contribution in [-0.2, 0) is 4.74 Å². The Morgan fingerprint density at radius 2 is 2.21 bits per heavy atom. The highest BCUT2D eigenvalue weighted by atomic mass is 35.5. The molecule has 0 unspecified atom stereocenters. The summed E-state index contributed by atoms with van der Waals surface area (Å²) < 4.78 is 15.8. The van der Waals surface area contributed by atoms with Gasteiger partial charge in [-0.15, -0.1) is 0 Å². The number of aromatic carboxylic acids is 1. The summed E-state index contributed by atoms with van der Waals surface area (Å²) in [6.45, 7) is 3.07. The van der Waals surface area contributed by atoms with Crippen LogP contribution in [0.25, 0.3) is 11.0 Å². The molecule has 2 aromatic rings. The molecule has 1 N–H and O–H groups in total. The van der Waals surface area contributed by atoms with Gasteiger partial charge in [0.05, 0.1) is 12.0 Å². The summed E-state index contributed by atoms with van der Waals surface area (Å²) in [7, 11) is 0. The predicted octanol–water partition coefficient (Wildman–Crippen LogP) is 3.20. The summed E-state index contributed by atoms with van der Waals surface area (Å²) in [6.07, 6.45) is 0. The molecular formula is C13H13ClO5. The van der Waals surface area contributed by atoms with Crippen molar-refractivity contribution in [2.24, 2.45) is 0 Å². The number of carboxylic acids is 1. The van der Waals surface area contributed by atoms with Gasteiger partial charge in [-0.3, -0.25) is 0 Å². The van der Waals surface area contributed by atoms with E-state index in [0.29, 0.717) is 29.2 Å². The van der Waals surface area contributed by atoms with Gasteiger partial charge in [0.25, 0.3) is 5.76 Å². The van der Waals surface area contributed by atoms with Crippen molar-refractivity contribution in [1.82, 2.24) is 0 Å². The lowest BCUT2D eigenvalue weighted by Gasteiger charge is -2.05. The molecule has 0 aliphatic heterocycles. The molecule has 19 heavy (non-hydrogen) atoms. The summed E-state index contributed by atoms with van der Waals surface area (Å²) in [4.78, 5) is 11.1. The van der Waals surface area contributed by atoms with Crippen molar-refractivity contribution in [3.63, 3.8) is 0 Å². The molecule has 2 rings (SSSR count). The monoisotopic (exact) mass is 284 g/mol. The number of carbonyl (C=O) groups is 1. The summed E-state index contributed by atoms with van der Waals surface area (Å²) in [5.74, 6) is -1.22. The SMILES string of the molecule is CCOCCOc1c(C(=O)O)oc2ccc(Cl)cc12. The number of hydrogen-bond donors (Lipinski definition) is 1. The Hall–Kier alpha value is -1.72. The van der Waals surface area contributed by atoms with E-state index in [-0.39, 0.29) is 18.1 Å². The molecule has 102 valence electrons. The lowest BCUT2D eigenvalue weighted by Crippen LogP contribution is -2.08. The standard InChI is InChI=1S/C13H13ClO5/c1-2-17-5-6-18-11-9-7-8(14)3-4-10(9)19-12(11)13(15)16/h3-4,7H,2,5-6H2,1H3,(H,15,16). The minimum Gasteiger partial charge on any atom is -0.486 e. The van der Waals surface area contributed by atoms with Gasteiger partial charge >= 0.3 is 5.97 Å². The predicted molar refractivity (Wildman–Crippen MR) is 70.2 cm³/mol. The van der Waals surface area contributed by atoms with Crippen LogP contribution >= 0.6 is 11.6 Å². The van der Waals surface area contributed by atoms with Crippen molar-refractivity contribution < 1.29 is 23.8 Å². The summed E-state index contributed by atoms with van der Waals surface area (Å²) in [5, 5.41) is 10.1. The fourth-order valence-corrected chi connectivity index (χ4v) is 1.85. The van der Waals surface area contributed by atoms with Gasteiger partial charge in [-0.1, -0.05) is 11.6 Å². The maximum absolute atomic E-state index is 11.1. The average molecular weight is 285 g/mol. The van der Waals surface area contributed by atoms with Gasteiger partial charge in [0.2, 0.25) is 0 Å².